The van der Waals surface area contributed by atoms with E-state index in [1.54, 1.807) is 6.07 Å². The van der Waals surface area contributed by atoms with Gasteiger partial charge in [0.2, 0.25) is 0 Å². The first kappa shape index (κ1) is 17.6. The van der Waals surface area contributed by atoms with Gasteiger partial charge in [-0.2, -0.15) is 0 Å². The zero-order chi connectivity index (χ0) is 16.5. The summed E-state index contributed by atoms with van der Waals surface area (Å²) in [5.41, 5.74) is -0.0581. The number of hydrogen-bond acceptors (Lipinski definition) is 6. The van der Waals surface area contributed by atoms with E-state index in [0.29, 0.717) is 12.4 Å². The Morgan fingerprint density at radius 2 is 2.18 bits per heavy atom. The van der Waals surface area contributed by atoms with Gasteiger partial charge in [-0.25, -0.2) is 4.79 Å². The minimum absolute atomic E-state index is 0.102. The maximum atomic E-state index is 11.1. The molecule has 0 saturated heterocycles. The number of nitrogens with zero attached hydrogens (tertiary/aromatic N) is 1. The second-order valence-corrected chi connectivity index (χ2v) is 4.62. The van der Waals surface area contributed by atoms with Gasteiger partial charge in [-0.1, -0.05) is 13.3 Å². The fourth-order valence-electron chi connectivity index (χ4n) is 1.49. The molecule has 0 unspecified atom stereocenters. The Bertz CT molecular complexity index is 565. The smallest absolute Gasteiger partial charge is 0.413 e. The van der Waals surface area contributed by atoms with Crippen LogP contribution in [0.5, 0.6) is 5.75 Å². The zero-order valence-corrected chi connectivity index (χ0v) is 13.1. The van der Waals surface area contributed by atoms with Crippen molar-refractivity contribution in [2.45, 2.75) is 19.8 Å². The summed E-state index contributed by atoms with van der Waals surface area (Å²) in [6, 6.07) is 4.36. The number of unbranched alkanes of at least 4 members (excludes halogenated alkanes) is 1. The van der Waals surface area contributed by atoms with Crippen molar-refractivity contribution in [2.75, 3.05) is 19.0 Å². The van der Waals surface area contributed by atoms with E-state index in [1.807, 2.05) is 6.92 Å². The molecule has 0 heterocycles. The predicted molar refractivity (Wildman–Crippen MR) is 85.3 cm³/mol. The van der Waals surface area contributed by atoms with Crippen LogP contribution in [0.1, 0.15) is 19.8 Å². The van der Waals surface area contributed by atoms with Crippen molar-refractivity contribution in [1.29, 1.82) is 0 Å². The largest absolute Gasteiger partial charge is 0.493 e. The Morgan fingerprint density at radius 3 is 2.77 bits per heavy atom. The van der Waals surface area contributed by atoms with E-state index in [9.17, 15) is 14.9 Å². The first-order valence-corrected chi connectivity index (χ1v) is 6.96. The number of amides is 1. The van der Waals surface area contributed by atoms with Crippen molar-refractivity contribution >= 4 is 34.8 Å². The van der Waals surface area contributed by atoms with Gasteiger partial charge in [-0.3, -0.25) is 15.4 Å². The average Bonchev–Trinajstić information content (AvgIpc) is 2.48. The van der Waals surface area contributed by atoms with Crippen LogP contribution in [0.3, 0.4) is 0 Å². The molecule has 0 aliphatic rings. The molecule has 0 saturated carbocycles. The van der Waals surface area contributed by atoms with Gasteiger partial charge in [0.1, 0.15) is 11.4 Å². The van der Waals surface area contributed by atoms with Crippen LogP contribution in [-0.2, 0) is 4.74 Å². The highest BCUT2D eigenvalue weighted by Gasteiger charge is 2.17. The van der Waals surface area contributed by atoms with Crippen LogP contribution in [0.4, 0.5) is 16.2 Å². The van der Waals surface area contributed by atoms with Gasteiger partial charge in [-0.05, 0) is 30.8 Å². The van der Waals surface area contributed by atoms with Crippen LogP contribution in [0.25, 0.3) is 0 Å². The number of rotatable bonds is 6. The highest BCUT2D eigenvalue weighted by atomic mass is 32.1. The summed E-state index contributed by atoms with van der Waals surface area (Å²) in [5.74, 6) is 0.401. The molecule has 1 rings (SSSR count). The molecule has 0 radical (unpaired) electrons. The topological polar surface area (TPSA) is 103 Å². The van der Waals surface area contributed by atoms with Crippen molar-refractivity contribution in [2.24, 2.45) is 0 Å². The summed E-state index contributed by atoms with van der Waals surface area (Å²) in [4.78, 5) is 21.6. The number of thiocarbonyl (C=S) groups is 1. The summed E-state index contributed by atoms with van der Waals surface area (Å²) in [7, 11) is 1.18. The molecular formula is C13H17N3O5S. The number of carbonyl (C=O) groups is 1. The van der Waals surface area contributed by atoms with E-state index in [-0.39, 0.29) is 16.5 Å². The first-order chi connectivity index (χ1) is 10.5. The third kappa shape index (κ3) is 5.52. The summed E-state index contributed by atoms with van der Waals surface area (Å²) in [5, 5.41) is 15.8. The monoisotopic (exact) mass is 327 g/mol. The normalized spacial score (nSPS) is 9.73. The molecule has 0 bridgehead atoms. The van der Waals surface area contributed by atoms with Crippen molar-refractivity contribution < 1.29 is 19.2 Å². The number of ether oxygens (including phenoxy) is 2. The molecule has 0 fully saturated rings. The molecule has 0 aliphatic heterocycles. The van der Waals surface area contributed by atoms with Gasteiger partial charge < -0.3 is 14.8 Å². The van der Waals surface area contributed by atoms with E-state index in [1.165, 1.54) is 19.2 Å². The summed E-state index contributed by atoms with van der Waals surface area (Å²) >= 11 is 4.87. The SMILES string of the molecule is CCCCOc1ccc(NC(=S)NC(=O)OC)c([N+](=O)[O-])c1. The molecule has 1 amide bonds. The Balaban J connectivity index is 2.83. The number of anilines is 1. The van der Waals surface area contributed by atoms with Gasteiger partial charge in [0.05, 0.1) is 24.7 Å². The summed E-state index contributed by atoms with van der Waals surface area (Å²) in [6.45, 7) is 2.51. The summed E-state index contributed by atoms with van der Waals surface area (Å²) in [6.07, 6.45) is 1.07. The van der Waals surface area contributed by atoms with Crippen molar-refractivity contribution in [3.8, 4) is 5.75 Å². The Kier molecular flexibility index (Phi) is 7.03. The van der Waals surface area contributed by atoms with Crippen molar-refractivity contribution in [1.82, 2.24) is 5.32 Å². The van der Waals surface area contributed by atoms with Gasteiger partial charge in [-0.15, -0.1) is 0 Å². The van der Waals surface area contributed by atoms with Crippen LogP contribution < -0.4 is 15.4 Å². The molecule has 1 aromatic rings. The maximum Gasteiger partial charge on any atom is 0.413 e. The lowest BCUT2D eigenvalue weighted by Gasteiger charge is -2.10. The first-order valence-electron chi connectivity index (χ1n) is 6.55. The highest BCUT2D eigenvalue weighted by Crippen LogP contribution is 2.29. The number of nitro groups is 1. The van der Waals surface area contributed by atoms with Gasteiger partial charge in [0, 0.05) is 0 Å². The standard InChI is InChI=1S/C13H17N3O5S/c1-3-4-7-21-9-5-6-10(11(8-9)16(18)19)14-12(22)15-13(17)20-2/h5-6,8H,3-4,7H2,1-2H3,(H2,14,15,17,22). The number of alkyl carbamates (subject to hydrolysis) is 1. The lowest BCUT2D eigenvalue weighted by atomic mass is 10.2. The Hall–Kier alpha value is -2.42. The van der Waals surface area contributed by atoms with E-state index in [0.717, 1.165) is 12.8 Å². The molecule has 0 aliphatic carbocycles. The quantitative estimate of drug-likeness (QED) is 0.358. The lowest BCUT2D eigenvalue weighted by Crippen LogP contribution is -2.34. The number of nitro benzene ring substituents is 1. The zero-order valence-electron chi connectivity index (χ0n) is 12.3. The van der Waals surface area contributed by atoms with Crippen LogP contribution >= 0.6 is 12.2 Å². The number of carbonyl (C=O) groups excluding carboxylic acids is 1. The van der Waals surface area contributed by atoms with Crippen molar-refractivity contribution in [3.63, 3.8) is 0 Å². The number of nitrogens with one attached hydrogen (secondary N) is 2. The molecule has 0 atom stereocenters. The molecule has 8 nitrogen and oxygen atoms in total. The highest BCUT2D eigenvalue weighted by molar-refractivity contribution is 7.80. The van der Waals surface area contributed by atoms with Crippen LogP contribution in [0, 0.1) is 10.1 Å². The van der Waals surface area contributed by atoms with Gasteiger partial charge in [0.25, 0.3) is 5.69 Å². The number of hydrogen-bond donors (Lipinski definition) is 2. The molecule has 2 N–H and O–H groups in total. The van der Waals surface area contributed by atoms with Gasteiger partial charge in [0.15, 0.2) is 5.11 Å². The van der Waals surface area contributed by atoms with Crippen molar-refractivity contribution in [3.05, 3.63) is 28.3 Å². The van der Waals surface area contributed by atoms with Crippen LogP contribution in [-0.4, -0.2) is 29.8 Å². The molecule has 22 heavy (non-hydrogen) atoms. The third-order valence-corrected chi connectivity index (χ3v) is 2.79. The second kappa shape index (κ2) is 8.78. The minimum Gasteiger partial charge on any atom is -0.493 e. The van der Waals surface area contributed by atoms with E-state index < -0.39 is 11.0 Å². The average molecular weight is 327 g/mol. The molecule has 1 aromatic carbocycles. The van der Waals surface area contributed by atoms with Gasteiger partial charge >= 0.3 is 6.09 Å². The van der Waals surface area contributed by atoms with E-state index in [2.05, 4.69) is 15.4 Å². The number of methoxy groups -OCH3 is 1. The fourth-order valence-corrected chi connectivity index (χ4v) is 1.68. The third-order valence-electron chi connectivity index (χ3n) is 2.58. The van der Waals surface area contributed by atoms with E-state index >= 15 is 0 Å². The minimum atomic E-state index is -0.764. The maximum absolute atomic E-state index is 11.1. The second-order valence-electron chi connectivity index (χ2n) is 4.21. The van der Waals surface area contributed by atoms with E-state index in [4.69, 9.17) is 17.0 Å². The van der Waals surface area contributed by atoms with Crippen LogP contribution in [0.15, 0.2) is 18.2 Å². The number of benzene rings is 1. The lowest BCUT2D eigenvalue weighted by molar-refractivity contribution is -0.384. The molecule has 120 valence electrons. The molecular weight excluding hydrogens is 310 g/mol. The molecule has 0 spiro atoms. The molecule has 0 aromatic heterocycles. The van der Waals surface area contributed by atoms with Crippen LogP contribution in [0.2, 0.25) is 0 Å². The Labute approximate surface area is 132 Å². The summed E-state index contributed by atoms with van der Waals surface area (Å²) < 4.78 is 9.80. The predicted octanol–water partition coefficient (Wildman–Crippen LogP) is 2.83. The Morgan fingerprint density at radius 1 is 1.45 bits per heavy atom. The molecule has 9 heteroatoms. The fraction of sp³-hybridized carbons (Fsp3) is 0.385.